The summed E-state index contributed by atoms with van der Waals surface area (Å²) in [5, 5.41) is 9.28. The van der Waals surface area contributed by atoms with Crippen molar-refractivity contribution in [2.24, 2.45) is 0 Å². The van der Waals surface area contributed by atoms with E-state index in [-0.39, 0.29) is 0 Å². The molecule has 4 heteroatoms. The zero-order chi connectivity index (χ0) is 13.6. The number of hydrogen-bond acceptors (Lipinski definition) is 2. The molecule has 4 nitrogen and oxygen atoms in total. The predicted molar refractivity (Wildman–Crippen MR) is 73.7 cm³/mol. The molecule has 0 radical (unpaired) electrons. The normalized spacial score (nSPS) is 16.7. The number of rotatable bonds is 4. The van der Waals surface area contributed by atoms with E-state index in [2.05, 4.69) is 23.4 Å². The summed E-state index contributed by atoms with van der Waals surface area (Å²) in [7, 11) is 0. The quantitative estimate of drug-likeness (QED) is 0.911. The minimum atomic E-state index is -0.901. The van der Waals surface area contributed by atoms with Crippen LogP contribution in [0.1, 0.15) is 61.3 Å². The van der Waals surface area contributed by atoms with E-state index in [0.717, 1.165) is 17.8 Å². The van der Waals surface area contributed by atoms with Crippen molar-refractivity contribution in [2.45, 2.75) is 45.1 Å². The number of aromatic nitrogens is 2. The monoisotopic (exact) mass is 258 g/mol. The van der Waals surface area contributed by atoms with Crippen LogP contribution in [0.5, 0.6) is 0 Å². The Morgan fingerprint density at radius 3 is 2.84 bits per heavy atom. The Hall–Kier alpha value is -1.84. The maximum Gasteiger partial charge on any atom is 0.337 e. The van der Waals surface area contributed by atoms with Crippen LogP contribution in [0.4, 0.5) is 0 Å². The van der Waals surface area contributed by atoms with Crippen LogP contribution in [0, 0.1) is 0 Å². The molecule has 3 rings (SSSR count). The zero-order valence-corrected chi connectivity index (χ0v) is 11.3. The summed E-state index contributed by atoms with van der Waals surface area (Å²) < 4.78 is 2.24. The number of hydrogen-bond donors (Lipinski definition) is 1. The summed E-state index contributed by atoms with van der Waals surface area (Å²) >= 11 is 0. The number of nitrogens with zero attached hydrogens (tertiary/aromatic N) is 2. The van der Waals surface area contributed by atoms with Crippen molar-refractivity contribution in [3.63, 3.8) is 0 Å². The SMILES string of the molecule is CCC(C)n1c(C2CC2)nc2c(C(=O)O)cccc21. The van der Waals surface area contributed by atoms with Crippen molar-refractivity contribution in [2.75, 3.05) is 0 Å². The first kappa shape index (κ1) is 12.2. The number of para-hydroxylation sites is 1. The van der Waals surface area contributed by atoms with Gasteiger partial charge < -0.3 is 9.67 Å². The molecule has 0 bridgehead atoms. The molecule has 1 N–H and O–H groups in total. The topological polar surface area (TPSA) is 55.1 Å². The summed E-state index contributed by atoms with van der Waals surface area (Å²) in [5.41, 5.74) is 1.90. The number of carbonyl (C=O) groups is 1. The largest absolute Gasteiger partial charge is 0.478 e. The smallest absolute Gasteiger partial charge is 0.337 e. The number of imidazole rings is 1. The summed E-state index contributed by atoms with van der Waals surface area (Å²) in [6.45, 7) is 4.31. The van der Waals surface area contributed by atoms with E-state index >= 15 is 0 Å². The second-order valence-corrected chi connectivity index (χ2v) is 5.35. The van der Waals surface area contributed by atoms with Gasteiger partial charge in [0, 0.05) is 12.0 Å². The van der Waals surface area contributed by atoms with E-state index in [4.69, 9.17) is 0 Å². The molecule has 1 aliphatic rings. The van der Waals surface area contributed by atoms with Gasteiger partial charge in [0.2, 0.25) is 0 Å². The maximum absolute atomic E-state index is 11.3. The summed E-state index contributed by atoms with van der Waals surface area (Å²) in [6.07, 6.45) is 3.35. The molecule has 1 aliphatic carbocycles. The lowest BCUT2D eigenvalue weighted by Crippen LogP contribution is -2.07. The number of carboxylic acid groups (broad SMARTS) is 1. The van der Waals surface area contributed by atoms with Crippen molar-refractivity contribution in [3.05, 3.63) is 29.6 Å². The van der Waals surface area contributed by atoms with Crippen molar-refractivity contribution in [3.8, 4) is 0 Å². The second kappa shape index (κ2) is 4.37. The molecule has 1 aromatic carbocycles. The van der Waals surface area contributed by atoms with Crippen LogP contribution in [0.15, 0.2) is 18.2 Å². The van der Waals surface area contributed by atoms with E-state index in [0.29, 0.717) is 23.0 Å². The third-order valence-corrected chi connectivity index (χ3v) is 3.95. The van der Waals surface area contributed by atoms with Gasteiger partial charge in [0.05, 0.1) is 11.1 Å². The van der Waals surface area contributed by atoms with Crippen molar-refractivity contribution in [1.82, 2.24) is 9.55 Å². The molecule has 0 amide bonds. The Morgan fingerprint density at radius 1 is 1.53 bits per heavy atom. The van der Waals surface area contributed by atoms with Crippen LogP contribution in [0.3, 0.4) is 0 Å². The molecule has 0 spiro atoms. The molecular formula is C15H18N2O2. The third-order valence-electron chi connectivity index (χ3n) is 3.95. The number of fused-ring (bicyclic) bond motifs is 1. The molecule has 1 atom stereocenters. The average molecular weight is 258 g/mol. The fourth-order valence-corrected chi connectivity index (χ4v) is 2.58. The Morgan fingerprint density at radius 2 is 2.26 bits per heavy atom. The highest BCUT2D eigenvalue weighted by atomic mass is 16.4. The van der Waals surface area contributed by atoms with Gasteiger partial charge in [-0.15, -0.1) is 0 Å². The summed E-state index contributed by atoms with van der Waals surface area (Å²) in [5.74, 6) is 0.683. The van der Waals surface area contributed by atoms with E-state index in [1.54, 1.807) is 6.07 Å². The summed E-state index contributed by atoms with van der Waals surface area (Å²) in [6, 6.07) is 5.77. The molecule has 0 aliphatic heterocycles. The van der Waals surface area contributed by atoms with Gasteiger partial charge >= 0.3 is 5.97 Å². The first-order valence-corrected chi connectivity index (χ1v) is 6.87. The van der Waals surface area contributed by atoms with Crippen LogP contribution in [0.25, 0.3) is 11.0 Å². The minimum absolute atomic E-state index is 0.307. The first-order chi connectivity index (χ1) is 9.13. The minimum Gasteiger partial charge on any atom is -0.478 e. The average Bonchev–Trinajstić information content (AvgIpc) is 3.17. The molecule has 19 heavy (non-hydrogen) atoms. The Kier molecular flexibility index (Phi) is 2.81. The number of aromatic carboxylic acids is 1. The third kappa shape index (κ3) is 1.91. The van der Waals surface area contributed by atoms with Crippen LogP contribution in [-0.4, -0.2) is 20.6 Å². The van der Waals surface area contributed by atoms with E-state index in [1.807, 2.05) is 12.1 Å². The standard InChI is InChI=1S/C15H18N2O2/c1-3-9(2)17-12-6-4-5-11(15(18)19)13(12)16-14(17)10-7-8-10/h4-6,9-10H,3,7-8H2,1-2H3,(H,18,19). The van der Waals surface area contributed by atoms with Gasteiger partial charge in [-0.1, -0.05) is 13.0 Å². The molecule has 1 heterocycles. The van der Waals surface area contributed by atoms with Gasteiger partial charge in [-0.2, -0.15) is 0 Å². The van der Waals surface area contributed by atoms with E-state index in [9.17, 15) is 9.90 Å². The lowest BCUT2D eigenvalue weighted by Gasteiger charge is -2.15. The molecule has 1 unspecified atom stereocenters. The van der Waals surface area contributed by atoms with Gasteiger partial charge in [0.15, 0.2) is 0 Å². The Labute approximate surface area is 112 Å². The maximum atomic E-state index is 11.3. The number of benzene rings is 1. The predicted octanol–water partition coefficient (Wildman–Crippen LogP) is 3.58. The molecule has 1 fully saturated rings. The molecule has 1 aromatic heterocycles. The Balaban J connectivity index is 2.29. The van der Waals surface area contributed by atoms with Gasteiger partial charge in [-0.25, -0.2) is 9.78 Å². The van der Waals surface area contributed by atoms with Crippen LogP contribution in [0.2, 0.25) is 0 Å². The fourth-order valence-electron chi connectivity index (χ4n) is 2.58. The van der Waals surface area contributed by atoms with Gasteiger partial charge in [0.1, 0.15) is 11.3 Å². The lowest BCUT2D eigenvalue weighted by molar-refractivity contribution is 0.0699. The highest BCUT2D eigenvalue weighted by Gasteiger charge is 2.31. The van der Waals surface area contributed by atoms with Crippen LogP contribution >= 0.6 is 0 Å². The molecule has 0 saturated heterocycles. The number of carboxylic acids is 1. The van der Waals surface area contributed by atoms with Crippen molar-refractivity contribution < 1.29 is 9.90 Å². The Bertz CT molecular complexity index is 641. The van der Waals surface area contributed by atoms with Crippen molar-refractivity contribution in [1.29, 1.82) is 0 Å². The van der Waals surface area contributed by atoms with Crippen molar-refractivity contribution >= 4 is 17.0 Å². The van der Waals surface area contributed by atoms with Gasteiger partial charge in [-0.3, -0.25) is 0 Å². The molecule has 1 saturated carbocycles. The molecule has 2 aromatic rings. The second-order valence-electron chi connectivity index (χ2n) is 5.35. The highest BCUT2D eigenvalue weighted by molar-refractivity contribution is 6.01. The first-order valence-electron chi connectivity index (χ1n) is 6.87. The van der Waals surface area contributed by atoms with Crippen LogP contribution in [-0.2, 0) is 0 Å². The van der Waals surface area contributed by atoms with Gasteiger partial charge in [-0.05, 0) is 38.3 Å². The van der Waals surface area contributed by atoms with Crippen LogP contribution < -0.4 is 0 Å². The lowest BCUT2D eigenvalue weighted by atomic mass is 10.1. The zero-order valence-electron chi connectivity index (χ0n) is 11.3. The fraction of sp³-hybridized carbons (Fsp3) is 0.467. The molecule has 100 valence electrons. The summed E-state index contributed by atoms with van der Waals surface area (Å²) in [4.78, 5) is 16.0. The van der Waals surface area contributed by atoms with E-state index < -0.39 is 5.97 Å². The highest BCUT2D eigenvalue weighted by Crippen LogP contribution is 2.42. The van der Waals surface area contributed by atoms with E-state index in [1.165, 1.54) is 12.8 Å². The molecular weight excluding hydrogens is 240 g/mol. The van der Waals surface area contributed by atoms with Gasteiger partial charge in [0.25, 0.3) is 0 Å².